The number of ketones is 1. The summed E-state index contributed by atoms with van der Waals surface area (Å²) in [4.78, 5) is 19.5. The maximum absolute atomic E-state index is 11.9. The summed E-state index contributed by atoms with van der Waals surface area (Å²) < 4.78 is 0. The van der Waals surface area contributed by atoms with Crippen LogP contribution in [0.1, 0.15) is 119 Å². The monoisotopic (exact) mass is 907 g/mol. The number of aliphatic hydroxyl groups is 1. The molecule has 4 aromatic carbocycles. The van der Waals surface area contributed by atoms with Crippen LogP contribution in [-0.4, -0.2) is 15.9 Å². The van der Waals surface area contributed by atoms with Crippen molar-refractivity contribution in [2.75, 3.05) is 0 Å². The second-order valence-electron chi connectivity index (χ2n) is 17.4. The number of allylic oxidation sites excluding steroid dienone is 2. The largest absolute Gasteiger partial charge is 0.512 e. The van der Waals surface area contributed by atoms with E-state index in [9.17, 15) is 9.90 Å². The van der Waals surface area contributed by atoms with E-state index >= 15 is 0 Å². The third-order valence-corrected chi connectivity index (χ3v) is 12.3. The number of hydrogen-bond acceptors (Lipinski definition) is 4. The summed E-state index contributed by atoms with van der Waals surface area (Å²) in [5.74, 6) is 0.366. The summed E-state index contributed by atoms with van der Waals surface area (Å²) in [6.07, 6.45) is 10.1. The predicted octanol–water partition coefficient (Wildman–Crippen LogP) is 14.3. The van der Waals surface area contributed by atoms with E-state index in [-0.39, 0.29) is 53.8 Å². The van der Waals surface area contributed by atoms with Crippen LogP contribution in [0.3, 0.4) is 0 Å². The summed E-state index contributed by atoms with van der Waals surface area (Å²) in [6, 6.07) is 24.0. The molecule has 285 valence electrons. The normalized spacial score (nSPS) is 13.2. The number of carbonyl (C=O) groups is 1. The minimum atomic E-state index is -0.248. The van der Waals surface area contributed by atoms with Crippen molar-refractivity contribution in [1.29, 1.82) is 0 Å². The van der Waals surface area contributed by atoms with Gasteiger partial charge in [0.2, 0.25) is 0 Å². The van der Waals surface area contributed by atoms with Gasteiger partial charge >= 0.3 is 0 Å². The van der Waals surface area contributed by atoms with Gasteiger partial charge in [0.1, 0.15) is 5.76 Å². The van der Waals surface area contributed by atoms with Crippen LogP contribution in [0.25, 0.3) is 43.6 Å². The van der Waals surface area contributed by atoms with Gasteiger partial charge in [0.05, 0.1) is 0 Å². The number of carbonyl (C=O) groups excluding carboxylic acids is 1. The number of pyridine rings is 1. The second-order valence-corrected chi connectivity index (χ2v) is 18.5. The molecular formula is C48H60IrNO2S-. The van der Waals surface area contributed by atoms with E-state index in [4.69, 9.17) is 4.98 Å². The molecule has 0 fully saturated rings. The Hall–Kier alpha value is -2.98. The van der Waals surface area contributed by atoms with Crippen LogP contribution in [0.4, 0.5) is 0 Å². The molecule has 1 aromatic heterocycles. The van der Waals surface area contributed by atoms with Crippen molar-refractivity contribution in [1.82, 2.24) is 4.98 Å². The van der Waals surface area contributed by atoms with E-state index in [2.05, 4.69) is 102 Å². The standard InChI is InChI=1S/C34H34NS.C14H26O2.Ir/c1-33(2,3)16-14-26-23-12-8-7-10-21(23)18-28-31-30-25(15-17-35-31)24-13-9-11-22(20-34(4,5)6)27(24)19-29(30)36-32(26)28;1-6-11(7-2)12(15)10-13(16)14(5,8-3)9-4;/h7-13,15,17,19H,14,16,20H2,1-6H3;10-11,16H,6-9H2,1-5H3;/q-1;;/b;13-10-;. The van der Waals surface area contributed by atoms with Gasteiger partial charge in [-0.15, -0.1) is 29.3 Å². The molecule has 0 saturated heterocycles. The summed E-state index contributed by atoms with van der Waals surface area (Å²) in [7, 11) is 0. The number of hydrogen-bond donors (Lipinski definition) is 1. The van der Waals surface area contributed by atoms with Crippen molar-refractivity contribution in [2.45, 2.75) is 131 Å². The fourth-order valence-corrected chi connectivity index (χ4v) is 8.63. The van der Waals surface area contributed by atoms with Crippen molar-refractivity contribution in [2.24, 2.45) is 22.2 Å². The average Bonchev–Trinajstić information content (AvgIpc) is 3.10. The third-order valence-electron chi connectivity index (χ3n) is 11.1. The minimum Gasteiger partial charge on any atom is -0.512 e. The zero-order chi connectivity index (χ0) is 38.0. The Morgan fingerprint density at radius 2 is 1.51 bits per heavy atom. The summed E-state index contributed by atoms with van der Waals surface area (Å²) >= 11 is 1.94. The number of benzene rings is 4. The predicted molar refractivity (Wildman–Crippen MR) is 225 cm³/mol. The molecule has 0 saturated carbocycles. The molecule has 0 bridgehead atoms. The molecule has 1 radical (unpaired) electrons. The van der Waals surface area contributed by atoms with Crippen LogP contribution >= 0.6 is 11.8 Å². The molecule has 5 heteroatoms. The first-order valence-electron chi connectivity index (χ1n) is 19.5. The summed E-state index contributed by atoms with van der Waals surface area (Å²) in [6.45, 7) is 24.1. The Bertz CT molecular complexity index is 2110. The van der Waals surface area contributed by atoms with Crippen LogP contribution in [0, 0.1) is 28.2 Å². The molecular weight excluding hydrogens is 847 g/mol. The molecule has 0 atom stereocenters. The van der Waals surface area contributed by atoms with E-state index < -0.39 is 0 Å². The van der Waals surface area contributed by atoms with E-state index in [1.807, 2.05) is 52.6 Å². The van der Waals surface area contributed by atoms with Gasteiger partial charge in [-0.2, -0.15) is 0 Å². The number of nitrogens with zero attached hydrogens (tertiary/aromatic N) is 1. The first-order valence-corrected chi connectivity index (χ1v) is 20.3. The van der Waals surface area contributed by atoms with Crippen LogP contribution < -0.4 is 0 Å². The molecule has 1 aliphatic heterocycles. The van der Waals surface area contributed by atoms with Gasteiger partial charge in [0, 0.05) is 54.3 Å². The molecule has 0 aliphatic carbocycles. The zero-order valence-corrected chi connectivity index (χ0v) is 37.1. The second kappa shape index (κ2) is 17.2. The van der Waals surface area contributed by atoms with Crippen LogP contribution in [0.2, 0.25) is 0 Å². The summed E-state index contributed by atoms with van der Waals surface area (Å²) in [5.41, 5.74) is 5.40. The minimum absolute atomic E-state index is 0. The molecule has 0 unspecified atom stereocenters. The molecule has 0 amide bonds. The molecule has 1 aliphatic rings. The first-order chi connectivity index (χ1) is 24.5. The number of aromatic nitrogens is 1. The zero-order valence-electron chi connectivity index (χ0n) is 33.9. The van der Waals surface area contributed by atoms with Gasteiger partial charge in [-0.25, -0.2) is 0 Å². The maximum atomic E-state index is 11.9. The van der Waals surface area contributed by atoms with E-state index in [1.165, 1.54) is 64.9 Å². The van der Waals surface area contributed by atoms with Gasteiger partial charge in [-0.05, 0) is 99.9 Å². The van der Waals surface area contributed by atoms with E-state index in [0.29, 0.717) is 0 Å². The van der Waals surface area contributed by atoms with Gasteiger partial charge in [-0.1, -0.05) is 129 Å². The van der Waals surface area contributed by atoms with Crippen LogP contribution in [0.15, 0.2) is 82.4 Å². The van der Waals surface area contributed by atoms with E-state index in [0.717, 1.165) is 50.6 Å². The Kier molecular flexibility index (Phi) is 13.9. The molecule has 6 rings (SSSR count). The Morgan fingerprint density at radius 3 is 2.13 bits per heavy atom. The van der Waals surface area contributed by atoms with Crippen molar-refractivity contribution in [3.8, 4) is 11.3 Å². The topological polar surface area (TPSA) is 50.2 Å². The third kappa shape index (κ3) is 9.46. The van der Waals surface area contributed by atoms with Crippen molar-refractivity contribution in [3.63, 3.8) is 0 Å². The molecule has 53 heavy (non-hydrogen) atoms. The van der Waals surface area contributed by atoms with Gasteiger partial charge in [-0.3, -0.25) is 9.78 Å². The van der Waals surface area contributed by atoms with Gasteiger partial charge in [0.15, 0.2) is 5.78 Å². The molecule has 2 heterocycles. The SMILES string of the molecule is CC(C)(C)CCc1c2c([c-]c3ccccc13)-c1nccc3c1c(cc1c(CC(C)(C)C)cccc13)S2.CCC(CC)C(=O)/C=C(\O)C(C)(CC)CC.[Ir]. The van der Waals surface area contributed by atoms with Gasteiger partial charge in [0.25, 0.3) is 0 Å². The van der Waals surface area contributed by atoms with Crippen LogP contribution in [-0.2, 0) is 37.7 Å². The van der Waals surface area contributed by atoms with Crippen molar-refractivity contribution >= 4 is 49.9 Å². The summed E-state index contributed by atoms with van der Waals surface area (Å²) in [5, 5.41) is 17.8. The Labute approximate surface area is 337 Å². The van der Waals surface area contributed by atoms with Crippen molar-refractivity contribution < 1.29 is 30.0 Å². The molecule has 3 nitrogen and oxygen atoms in total. The maximum Gasteiger partial charge on any atom is 0.162 e. The molecule has 5 aromatic rings. The Morgan fingerprint density at radius 1 is 0.849 bits per heavy atom. The number of fused-ring (bicyclic) bond motifs is 5. The first kappa shape index (κ1) is 42.8. The van der Waals surface area contributed by atoms with Crippen molar-refractivity contribution in [3.05, 3.63) is 89.8 Å². The average molecular weight is 907 g/mol. The number of rotatable bonds is 10. The van der Waals surface area contributed by atoms with Crippen LogP contribution in [0.5, 0.6) is 0 Å². The smallest absolute Gasteiger partial charge is 0.162 e. The number of aliphatic hydroxyl groups excluding tert-OH is 1. The number of aryl methyl sites for hydroxylation is 1. The van der Waals surface area contributed by atoms with Gasteiger partial charge < -0.3 is 5.11 Å². The van der Waals surface area contributed by atoms with E-state index in [1.54, 1.807) is 0 Å². The quantitative estimate of drug-likeness (QED) is 0.0644. The Balaban J connectivity index is 0.000000316. The molecule has 1 N–H and O–H groups in total. The fourth-order valence-electron chi connectivity index (χ4n) is 7.34. The fraction of sp³-hybridized carbons (Fsp3) is 0.458. The molecule has 0 spiro atoms.